The normalized spacial score (nSPS) is 13.2. The van der Waals surface area contributed by atoms with Gasteiger partial charge in [-0.05, 0) is 6.42 Å². The van der Waals surface area contributed by atoms with E-state index in [4.69, 9.17) is 11.3 Å². The molecule has 0 aromatic heterocycles. The molecule has 0 saturated carbocycles. The third-order valence-electron chi connectivity index (χ3n) is 1.09. The second-order valence-electron chi connectivity index (χ2n) is 1.76. The second-order valence-corrected chi connectivity index (χ2v) is 1.76. The fraction of sp³-hybridized carbons (Fsp3) is 0.714. The average molecular weight is 113 g/mol. The number of rotatable bonds is 4. The Balaban J connectivity index is 3.21. The van der Waals surface area contributed by atoms with Gasteiger partial charge in [-0.3, -0.25) is 0 Å². The molecule has 0 spiro atoms. The van der Waals surface area contributed by atoms with Crippen molar-refractivity contribution in [3.8, 4) is 0 Å². The summed E-state index contributed by atoms with van der Waals surface area (Å²) in [7, 11) is 1.67. The molecule has 0 saturated heterocycles. The van der Waals surface area contributed by atoms with Crippen LogP contribution in [0.15, 0.2) is 6.08 Å². The van der Waals surface area contributed by atoms with Crippen molar-refractivity contribution in [3.05, 3.63) is 12.7 Å². The minimum absolute atomic E-state index is 0.153. The van der Waals surface area contributed by atoms with Crippen LogP contribution in [-0.4, -0.2) is 13.2 Å². The van der Waals surface area contributed by atoms with E-state index in [0.29, 0.717) is 0 Å². The SMILES string of the molecule is [CH]=CC(CCC)OC. The lowest BCUT2D eigenvalue weighted by Crippen LogP contribution is -2.04. The van der Waals surface area contributed by atoms with Crippen LogP contribution in [0.3, 0.4) is 0 Å². The molecule has 0 aromatic rings. The predicted octanol–water partition coefficient (Wildman–Crippen LogP) is 1.79. The molecular formula is C7H13O. The molecular weight excluding hydrogens is 100 g/mol. The molecule has 0 bridgehead atoms. The van der Waals surface area contributed by atoms with Crippen molar-refractivity contribution in [2.24, 2.45) is 0 Å². The lowest BCUT2D eigenvalue weighted by Gasteiger charge is -2.06. The Labute approximate surface area is 51.4 Å². The van der Waals surface area contributed by atoms with Gasteiger partial charge in [-0.2, -0.15) is 0 Å². The molecule has 0 fully saturated rings. The first-order chi connectivity index (χ1) is 3.85. The summed E-state index contributed by atoms with van der Waals surface area (Å²) in [6, 6.07) is 0. The largest absolute Gasteiger partial charge is 0.377 e. The number of methoxy groups -OCH3 is 1. The first kappa shape index (κ1) is 7.70. The number of hydrogen-bond acceptors (Lipinski definition) is 1. The smallest absolute Gasteiger partial charge is 0.0754 e. The molecule has 0 aliphatic carbocycles. The van der Waals surface area contributed by atoms with Crippen LogP contribution in [0.1, 0.15) is 19.8 Å². The highest BCUT2D eigenvalue weighted by molar-refractivity contribution is 4.75. The highest BCUT2D eigenvalue weighted by atomic mass is 16.5. The van der Waals surface area contributed by atoms with E-state index in [1.165, 1.54) is 0 Å². The summed E-state index contributed by atoms with van der Waals surface area (Å²) >= 11 is 0. The van der Waals surface area contributed by atoms with Crippen molar-refractivity contribution < 1.29 is 4.74 Å². The van der Waals surface area contributed by atoms with Gasteiger partial charge < -0.3 is 4.74 Å². The molecule has 0 rings (SSSR count). The van der Waals surface area contributed by atoms with E-state index in [2.05, 4.69) is 6.92 Å². The summed E-state index contributed by atoms with van der Waals surface area (Å²) in [5.41, 5.74) is 0. The predicted molar refractivity (Wildman–Crippen MR) is 34.6 cm³/mol. The van der Waals surface area contributed by atoms with Crippen LogP contribution < -0.4 is 0 Å². The number of ether oxygens (including phenoxy) is 1. The molecule has 0 aliphatic rings. The summed E-state index contributed by atoms with van der Waals surface area (Å²) in [4.78, 5) is 0. The van der Waals surface area contributed by atoms with E-state index in [0.717, 1.165) is 12.8 Å². The van der Waals surface area contributed by atoms with E-state index in [-0.39, 0.29) is 6.10 Å². The lowest BCUT2D eigenvalue weighted by atomic mass is 10.2. The first-order valence-electron chi connectivity index (χ1n) is 2.93. The average Bonchev–Trinajstić information content (AvgIpc) is 1.83. The lowest BCUT2D eigenvalue weighted by molar-refractivity contribution is 0.133. The molecule has 0 amide bonds. The van der Waals surface area contributed by atoms with Gasteiger partial charge in [0.15, 0.2) is 0 Å². The standard InChI is InChI=1S/C7H13O/c1-4-6-7(5-2)8-3/h2,5,7H,4,6H2,1,3H3. The van der Waals surface area contributed by atoms with Gasteiger partial charge in [-0.25, -0.2) is 0 Å². The highest BCUT2D eigenvalue weighted by Crippen LogP contribution is 1.99. The Morgan fingerprint density at radius 3 is 2.50 bits per heavy atom. The topological polar surface area (TPSA) is 9.23 Å². The van der Waals surface area contributed by atoms with Crippen molar-refractivity contribution in [1.29, 1.82) is 0 Å². The second kappa shape index (κ2) is 4.85. The van der Waals surface area contributed by atoms with E-state index in [1.54, 1.807) is 13.2 Å². The van der Waals surface area contributed by atoms with Gasteiger partial charge in [0.05, 0.1) is 6.10 Å². The van der Waals surface area contributed by atoms with E-state index < -0.39 is 0 Å². The maximum atomic E-state index is 5.22. The summed E-state index contributed by atoms with van der Waals surface area (Å²) in [5.74, 6) is 0. The zero-order chi connectivity index (χ0) is 6.41. The molecule has 1 nitrogen and oxygen atoms in total. The Kier molecular flexibility index (Phi) is 4.67. The first-order valence-corrected chi connectivity index (χ1v) is 2.93. The molecule has 1 atom stereocenters. The zero-order valence-corrected chi connectivity index (χ0v) is 5.55. The van der Waals surface area contributed by atoms with Gasteiger partial charge >= 0.3 is 0 Å². The van der Waals surface area contributed by atoms with Crippen LogP contribution in [0.5, 0.6) is 0 Å². The van der Waals surface area contributed by atoms with E-state index in [9.17, 15) is 0 Å². The fourth-order valence-corrected chi connectivity index (χ4v) is 0.577. The Morgan fingerprint density at radius 1 is 1.75 bits per heavy atom. The summed E-state index contributed by atoms with van der Waals surface area (Å²) in [6.45, 7) is 7.33. The van der Waals surface area contributed by atoms with Crippen LogP contribution in [0.2, 0.25) is 0 Å². The Bertz CT molecular complexity index is 59.4. The van der Waals surface area contributed by atoms with Crippen molar-refractivity contribution in [2.75, 3.05) is 7.11 Å². The van der Waals surface area contributed by atoms with Gasteiger partial charge in [-0.15, -0.1) is 0 Å². The maximum absolute atomic E-state index is 5.22. The minimum Gasteiger partial charge on any atom is -0.377 e. The van der Waals surface area contributed by atoms with Crippen molar-refractivity contribution in [1.82, 2.24) is 0 Å². The maximum Gasteiger partial charge on any atom is 0.0754 e. The van der Waals surface area contributed by atoms with Gasteiger partial charge in [0.25, 0.3) is 0 Å². The minimum atomic E-state index is 0.153. The van der Waals surface area contributed by atoms with Crippen molar-refractivity contribution in [3.63, 3.8) is 0 Å². The van der Waals surface area contributed by atoms with E-state index >= 15 is 0 Å². The molecule has 1 unspecified atom stereocenters. The molecule has 0 heterocycles. The zero-order valence-electron chi connectivity index (χ0n) is 5.55. The van der Waals surface area contributed by atoms with Gasteiger partial charge in [0.1, 0.15) is 0 Å². The Morgan fingerprint density at radius 2 is 2.38 bits per heavy atom. The Hall–Kier alpha value is -0.300. The van der Waals surface area contributed by atoms with Gasteiger partial charge in [0, 0.05) is 7.11 Å². The highest BCUT2D eigenvalue weighted by Gasteiger charge is 1.96. The molecule has 47 valence electrons. The summed E-state index contributed by atoms with van der Waals surface area (Å²) < 4.78 is 4.96. The molecule has 8 heavy (non-hydrogen) atoms. The molecule has 0 N–H and O–H groups in total. The van der Waals surface area contributed by atoms with Crippen LogP contribution in [-0.2, 0) is 4.74 Å². The molecule has 1 radical (unpaired) electrons. The molecule has 0 aromatic carbocycles. The monoisotopic (exact) mass is 113 g/mol. The molecule has 1 heteroatoms. The van der Waals surface area contributed by atoms with Gasteiger partial charge in [0.2, 0.25) is 0 Å². The van der Waals surface area contributed by atoms with Crippen LogP contribution >= 0.6 is 0 Å². The van der Waals surface area contributed by atoms with Crippen molar-refractivity contribution in [2.45, 2.75) is 25.9 Å². The third kappa shape index (κ3) is 2.80. The fourth-order valence-electron chi connectivity index (χ4n) is 0.577. The van der Waals surface area contributed by atoms with E-state index in [1.807, 2.05) is 0 Å². The number of hydrogen-bond donors (Lipinski definition) is 0. The van der Waals surface area contributed by atoms with Crippen molar-refractivity contribution >= 4 is 0 Å². The summed E-state index contributed by atoms with van der Waals surface area (Å²) in [6.07, 6.45) is 3.88. The van der Waals surface area contributed by atoms with Crippen LogP contribution in [0.4, 0.5) is 0 Å². The van der Waals surface area contributed by atoms with Crippen LogP contribution in [0, 0.1) is 6.58 Å². The quantitative estimate of drug-likeness (QED) is 0.540. The third-order valence-corrected chi connectivity index (χ3v) is 1.09. The van der Waals surface area contributed by atoms with Gasteiger partial charge in [-0.1, -0.05) is 26.0 Å². The van der Waals surface area contributed by atoms with Crippen LogP contribution in [0.25, 0.3) is 0 Å². The molecule has 0 aliphatic heterocycles. The summed E-state index contributed by atoms with van der Waals surface area (Å²) in [5, 5.41) is 0.